The summed E-state index contributed by atoms with van der Waals surface area (Å²) in [5, 5.41) is 2.94. The Bertz CT molecular complexity index is 976. The number of carbonyl (C=O) groups excluding carboxylic acids is 2. The van der Waals surface area contributed by atoms with Gasteiger partial charge >= 0.3 is 5.97 Å². The van der Waals surface area contributed by atoms with E-state index in [2.05, 4.69) is 28.1 Å². The molecule has 33 heavy (non-hydrogen) atoms. The van der Waals surface area contributed by atoms with Gasteiger partial charge in [-0.05, 0) is 36.2 Å². The smallest absolute Gasteiger partial charge is 0.338 e. The number of hydrogen-bond donors (Lipinski definition) is 1. The van der Waals surface area contributed by atoms with Crippen LogP contribution in [0.3, 0.4) is 0 Å². The molecule has 0 bridgehead atoms. The van der Waals surface area contributed by atoms with Crippen LogP contribution in [0.25, 0.3) is 0 Å². The zero-order valence-electron chi connectivity index (χ0n) is 19.2. The third-order valence-corrected chi connectivity index (χ3v) is 6.21. The van der Waals surface area contributed by atoms with Crippen molar-refractivity contribution in [1.29, 1.82) is 0 Å². The summed E-state index contributed by atoms with van der Waals surface area (Å²) in [6, 6.07) is 13.6. The molecule has 2 aliphatic heterocycles. The molecule has 2 aliphatic rings. The van der Waals surface area contributed by atoms with Gasteiger partial charge in [0.05, 0.1) is 25.0 Å². The summed E-state index contributed by atoms with van der Waals surface area (Å²) in [6.45, 7) is 5.87. The van der Waals surface area contributed by atoms with Gasteiger partial charge in [-0.15, -0.1) is 12.4 Å². The van der Waals surface area contributed by atoms with Crippen molar-refractivity contribution < 1.29 is 19.1 Å². The average molecular weight is 474 g/mol. The van der Waals surface area contributed by atoms with Gasteiger partial charge in [0.15, 0.2) is 0 Å². The number of para-hydroxylation sites is 2. The highest BCUT2D eigenvalue weighted by Gasteiger charge is 2.32. The Morgan fingerprint density at radius 1 is 1.12 bits per heavy atom. The molecule has 178 valence electrons. The molecule has 1 unspecified atom stereocenters. The van der Waals surface area contributed by atoms with Gasteiger partial charge in [0, 0.05) is 44.3 Å². The molecular formula is C25H32ClN3O4. The molecule has 0 aliphatic carbocycles. The van der Waals surface area contributed by atoms with Crippen LogP contribution in [-0.2, 0) is 9.53 Å². The number of hydrogen-bond acceptors (Lipinski definition) is 6. The minimum absolute atomic E-state index is 0. The number of anilines is 2. The molecule has 1 saturated heterocycles. The van der Waals surface area contributed by atoms with Crippen LogP contribution in [0.2, 0.25) is 0 Å². The number of ether oxygens (including phenoxy) is 2. The van der Waals surface area contributed by atoms with Gasteiger partial charge < -0.3 is 19.7 Å². The molecule has 8 heteroatoms. The van der Waals surface area contributed by atoms with E-state index in [0.717, 1.165) is 56.0 Å². The minimum Gasteiger partial charge on any atom is -0.495 e. The molecule has 2 heterocycles. The van der Waals surface area contributed by atoms with E-state index in [1.165, 1.54) is 0 Å². The zero-order valence-corrected chi connectivity index (χ0v) is 20.0. The Kier molecular flexibility index (Phi) is 8.58. The Labute approximate surface area is 201 Å². The van der Waals surface area contributed by atoms with Crippen LogP contribution in [0.1, 0.15) is 48.1 Å². The summed E-state index contributed by atoms with van der Waals surface area (Å²) in [7, 11) is 1.69. The number of nitrogens with one attached hydrogen (secondary N) is 1. The maximum atomic E-state index is 12.5. The van der Waals surface area contributed by atoms with E-state index < -0.39 is 0 Å². The van der Waals surface area contributed by atoms with Gasteiger partial charge in [-0.25, -0.2) is 4.79 Å². The number of piperazine rings is 1. The number of unbranched alkanes of at least 4 members (excludes halogenated alkanes) is 1. The number of methoxy groups -OCH3 is 1. The number of carbonyl (C=O) groups is 2. The van der Waals surface area contributed by atoms with Crippen molar-refractivity contribution in [2.24, 2.45) is 0 Å². The molecule has 1 atom stereocenters. The SMILES string of the molecule is CCCCOC(=O)c1ccc2c(c1)NC(=O)CC2N1CCN(c2ccccc2OC)CC1.Cl. The predicted molar refractivity (Wildman–Crippen MR) is 132 cm³/mol. The lowest BCUT2D eigenvalue weighted by Gasteiger charge is -2.42. The minimum atomic E-state index is -0.344. The highest BCUT2D eigenvalue weighted by Crippen LogP contribution is 2.37. The van der Waals surface area contributed by atoms with Crippen molar-refractivity contribution in [3.05, 3.63) is 53.6 Å². The summed E-state index contributed by atoms with van der Waals surface area (Å²) in [5.41, 5.74) is 3.34. The lowest BCUT2D eigenvalue weighted by Crippen LogP contribution is -2.49. The lowest BCUT2D eigenvalue weighted by molar-refractivity contribution is -0.117. The third kappa shape index (κ3) is 5.60. The van der Waals surface area contributed by atoms with Crippen molar-refractivity contribution in [2.75, 3.05) is 50.1 Å². The van der Waals surface area contributed by atoms with Crippen LogP contribution in [0.4, 0.5) is 11.4 Å². The molecular weight excluding hydrogens is 442 g/mol. The van der Waals surface area contributed by atoms with Gasteiger partial charge in [-0.1, -0.05) is 31.5 Å². The van der Waals surface area contributed by atoms with Crippen molar-refractivity contribution in [3.8, 4) is 5.75 Å². The summed E-state index contributed by atoms with van der Waals surface area (Å²) in [4.78, 5) is 29.5. The van der Waals surface area contributed by atoms with Crippen molar-refractivity contribution in [3.63, 3.8) is 0 Å². The van der Waals surface area contributed by atoms with Gasteiger partial charge in [-0.2, -0.15) is 0 Å². The van der Waals surface area contributed by atoms with E-state index in [1.54, 1.807) is 13.2 Å². The summed E-state index contributed by atoms with van der Waals surface area (Å²) in [6.07, 6.45) is 2.23. The van der Waals surface area contributed by atoms with Gasteiger partial charge in [0.1, 0.15) is 5.75 Å². The molecule has 4 rings (SSSR count). The molecule has 0 spiro atoms. The Morgan fingerprint density at radius 2 is 1.88 bits per heavy atom. The molecule has 7 nitrogen and oxygen atoms in total. The summed E-state index contributed by atoms with van der Waals surface area (Å²) >= 11 is 0. The molecule has 1 amide bonds. The maximum absolute atomic E-state index is 12.5. The van der Waals surface area contributed by atoms with Crippen molar-refractivity contribution >= 4 is 35.7 Å². The lowest BCUT2D eigenvalue weighted by atomic mass is 9.94. The first-order chi connectivity index (χ1) is 15.6. The quantitative estimate of drug-likeness (QED) is 0.478. The van der Waals surface area contributed by atoms with Crippen LogP contribution in [0.15, 0.2) is 42.5 Å². The van der Waals surface area contributed by atoms with Gasteiger partial charge in [-0.3, -0.25) is 9.69 Å². The van der Waals surface area contributed by atoms with Gasteiger partial charge in [0.2, 0.25) is 5.91 Å². The molecule has 2 aromatic rings. The fraction of sp³-hybridized carbons (Fsp3) is 0.440. The van der Waals surface area contributed by atoms with E-state index in [0.29, 0.717) is 24.3 Å². The second kappa shape index (κ2) is 11.4. The van der Waals surface area contributed by atoms with E-state index >= 15 is 0 Å². The number of nitrogens with zero attached hydrogens (tertiary/aromatic N) is 2. The Balaban J connectivity index is 0.00000306. The summed E-state index contributed by atoms with van der Waals surface area (Å²) < 4.78 is 10.8. The van der Waals surface area contributed by atoms with E-state index in [1.807, 2.05) is 30.3 Å². The Hall–Kier alpha value is -2.77. The predicted octanol–water partition coefficient (Wildman–Crippen LogP) is 4.28. The van der Waals surface area contributed by atoms with Crippen molar-refractivity contribution in [2.45, 2.75) is 32.2 Å². The molecule has 1 fully saturated rings. The van der Waals surface area contributed by atoms with Crippen LogP contribution >= 0.6 is 12.4 Å². The molecule has 2 aromatic carbocycles. The summed E-state index contributed by atoms with van der Waals surface area (Å²) in [5.74, 6) is 0.510. The van der Waals surface area contributed by atoms with E-state index in [4.69, 9.17) is 9.47 Å². The first kappa shape index (κ1) is 24.9. The molecule has 1 N–H and O–H groups in total. The maximum Gasteiger partial charge on any atom is 0.338 e. The first-order valence-corrected chi connectivity index (χ1v) is 11.3. The second-order valence-corrected chi connectivity index (χ2v) is 8.25. The number of halogens is 1. The van der Waals surface area contributed by atoms with Crippen molar-refractivity contribution in [1.82, 2.24) is 4.90 Å². The monoisotopic (exact) mass is 473 g/mol. The first-order valence-electron chi connectivity index (χ1n) is 11.3. The molecule has 0 saturated carbocycles. The second-order valence-electron chi connectivity index (χ2n) is 8.25. The van der Waals surface area contributed by atoms with Crippen LogP contribution in [0, 0.1) is 0 Å². The molecule has 0 aromatic heterocycles. The standard InChI is InChI=1S/C25H31N3O4.ClH/c1-3-4-15-32-25(30)18-9-10-19-20(16-18)26-24(29)17-22(19)28-13-11-27(12-14-28)21-7-5-6-8-23(21)31-2;/h5-10,16,22H,3-4,11-15,17H2,1-2H3,(H,26,29);1H. The number of amides is 1. The largest absolute Gasteiger partial charge is 0.495 e. The topological polar surface area (TPSA) is 71.1 Å². The average Bonchev–Trinajstić information content (AvgIpc) is 2.83. The highest BCUT2D eigenvalue weighted by atomic mass is 35.5. The van der Waals surface area contributed by atoms with E-state index in [9.17, 15) is 9.59 Å². The normalized spacial score (nSPS) is 18.1. The number of fused-ring (bicyclic) bond motifs is 1. The number of benzene rings is 2. The molecule has 0 radical (unpaired) electrons. The fourth-order valence-electron chi connectivity index (χ4n) is 4.45. The zero-order chi connectivity index (χ0) is 22.5. The van der Waals surface area contributed by atoms with Crippen LogP contribution < -0.4 is 15.0 Å². The number of esters is 1. The Morgan fingerprint density at radius 3 is 2.61 bits per heavy atom. The number of rotatable bonds is 7. The van der Waals surface area contributed by atoms with Crippen LogP contribution in [0.5, 0.6) is 5.75 Å². The van der Waals surface area contributed by atoms with Gasteiger partial charge in [0.25, 0.3) is 0 Å². The highest BCUT2D eigenvalue weighted by molar-refractivity contribution is 5.97. The fourth-order valence-corrected chi connectivity index (χ4v) is 4.45. The third-order valence-electron chi connectivity index (χ3n) is 6.21. The van der Waals surface area contributed by atoms with E-state index in [-0.39, 0.29) is 30.3 Å². The van der Waals surface area contributed by atoms with Crippen LogP contribution in [-0.4, -0.2) is 56.7 Å².